The number of ether oxygens (including phenoxy) is 1. The molecular weight excluding hydrogens is 397 g/mol. The molecule has 0 aliphatic heterocycles. The van der Waals surface area contributed by atoms with Crippen LogP contribution in [-0.4, -0.2) is 12.1 Å². The standard InChI is InChI=1S/C21H17Cl2N3O2/c22-18-9-8-15(11-19(18)23)13-28-16-5-3-4-14(10-16)12-25-26-21(27)17-6-1-2-7-20(17)24/h1-12H,13,24H2,(H,26,27)/b25-12+. The molecule has 7 heteroatoms. The van der Waals surface area contributed by atoms with Crippen molar-refractivity contribution in [2.75, 3.05) is 5.73 Å². The molecule has 0 atom stereocenters. The van der Waals surface area contributed by atoms with Crippen LogP contribution in [0.1, 0.15) is 21.5 Å². The van der Waals surface area contributed by atoms with Gasteiger partial charge in [0.15, 0.2) is 0 Å². The van der Waals surface area contributed by atoms with Gasteiger partial charge in [0, 0.05) is 5.69 Å². The van der Waals surface area contributed by atoms with Gasteiger partial charge in [0.1, 0.15) is 12.4 Å². The molecule has 0 radical (unpaired) electrons. The molecule has 0 fully saturated rings. The predicted octanol–water partition coefficient (Wildman–Crippen LogP) is 4.92. The Kier molecular flexibility index (Phi) is 6.53. The van der Waals surface area contributed by atoms with E-state index in [0.717, 1.165) is 11.1 Å². The molecule has 0 aliphatic rings. The molecule has 0 heterocycles. The van der Waals surface area contributed by atoms with Crippen molar-refractivity contribution in [2.45, 2.75) is 6.61 Å². The third-order valence-electron chi connectivity index (χ3n) is 3.83. The van der Waals surface area contributed by atoms with Gasteiger partial charge in [0.05, 0.1) is 21.8 Å². The van der Waals surface area contributed by atoms with Crippen LogP contribution in [0.3, 0.4) is 0 Å². The molecule has 0 unspecified atom stereocenters. The molecule has 3 rings (SSSR count). The van der Waals surface area contributed by atoms with Crippen LogP contribution in [0.4, 0.5) is 5.69 Å². The van der Waals surface area contributed by atoms with E-state index in [1.54, 1.807) is 36.4 Å². The first-order valence-electron chi connectivity index (χ1n) is 8.37. The Hall–Kier alpha value is -3.02. The van der Waals surface area contributed by atoms with Crippen molar-refractivity contribution in [3.8, 4) is 5.75 Å². The summed E-state index contributed by atoms with van der Waals surface area (Å²) in [6.45, 7) is 0.349. The number of nitrogens with two attached hydrogens (primary N) is 1. The van der Waals surface area contributed by atoms with Crippen molar-refractivity contribution in [1.82, 2.24) is 5.43 Å². The number of nitrogens with zero attached hydrogens (tertiary/aromatic N) is 1. The topological polar surface area (TPSA) is 76.7 Å². The number of hydrazone groups is 1. The van der Waals surface area contributed by atoms with Crippen LogP contribution in [0.2, 0.25) is 10.0 Å². The van der Waals surface area contributed by atoms with Crippen molar-refractivity contribution in [3.05, 3.63) is 93.5 Å². The number of halogens is 2. The van der Waals surface area contributed by atoms with Crippen LogP contribution >= 0.6 is 23.2 Å². The normalized spacial score (nSPS) is 10.8. The van der Waals surface area contributed by atoms with Gasteiger partial charge >= 0.3 is 0 Å². The lowest BCUT2D eigenvalue weighted by molar-refractivity contribution is 0.0956. The van der Waals surface area contributed by atoms with Gasteiger partial charge in [0.2, 0.25) is 0 Å². The maximum absolute atomic E-state index is 12.1. The predicted molar refractivity (Wildman–Crippen MR) is 113 cm³/mol. The number of carbonyl (C=O) groups is 1. The van der Waals surface area contributed by atoms with E-state index in [1.807, 2.05) is 30.3 Å². The van der Waals surface area contributed by atoms with E-state index in [-0.39, 0.29) is 5.91 Å². The molecule has 1 amide bonds. The Morgan fingerprint density at radius 3 is 2.64 bits per heavy atom. The zero-order chi connectivity index (χ0) is 19.9. The monoisotopic (exact) mass is 413 g/mol. The molecule has 0 saturated heterocycles. The molecule has 3 aromatic rings. The summed E-state index contributed by atoms with van der Waals surface area (Å²) in [7, 11) is 0. The van der Waals surface area contributed by atoms with Gasteiger partial charge in [-0.3, -0.25) is 4.79 Å². The fourth-order valence-electron chi connectivity index (χ4n) is 2.41. The van der Waals surface area contributed by atoms with Crippen LogP contribution in [-0.2, 0) is 6.61 Å². The van der Waals surface area contributed by atoms with Crippen LogP contribution in [0.25, 0.3) is 0 Å². The highest BCUT2D eigenvalue weighted by Crippen LogP contribution is 2.23. The maximum Gasteiger partial charge on any atom is 0.273 e. The van der Waals surface area contributed by atoms with E-state index in [0.29, 0.717) is 33.7 Å². The summed E-state index contributed by atoms with van der Waals surface area (Å²) in [5.74, 6) is 0.287. The Labute approximate surface area is 172 Å². The number of anilines is 1. The van der Waals surface area contributed by atoms with Gasteiger partial charge in [-0.05, 0) is 47.5 Å². The van der Waals surface area contributed by atoms with Gasteiger partial charge in [-0.1, -0.05) is 53.5 Å². The fourth-order valence-corrected chi connectivity index (χ4v) is 2.73. The first-order valence-corrected chi connectivity index (χ1v) is 9.13. The number of rotatable bonds is 6. The highest BCUT2D eigenvalue weighted by Gasteiger charge is 2.07. The average molecular weight is 414 g/mol. The van der Waals surface area contributed by atoms with Crippen molar-refractivity contribution < 1.29 is 9.53 Å². The number of nitrogen functional groups attached to an aromatic ring is 1. The van der Waals surface area contributed by atoms with Gasteiger partial charge in [-0.2, -0.15) is 5.10 Å². The molecular formula is C21H17Cl2N3O2. The number of amides is 1. The number of para-hydroxylation sites is 1. The second kappa shape index (κ2) is 9.26. The molecule has 0 bridgehead atoms. The number of carbonyl (C=O) groups excluding carboxylic acids is 1. The van der Waals surface area contributed by atoms with E-state index in [2.05, 4.69) is 10.5 Å². The SMILES string of the molecule is Nc1ccccc1C(=O)N/N=C/c1cccc(OCc2ccc(Cl)c(Cl)c2)c1. The summed E-state index contributed by atoms with van der Waals surface area (Å²) >= 11 is 11.9. The third-order valence-corrected chi connectivity index (χ3v) is 4.57. The second-order valence-electron chi connectivity index (χ2n) is 5.90. The summed E-state index contributed by atoms with van der Waals surface area (Å²) in [4.78, 5) is 12.1. The Bertz CT molecular complexity index is 1020. The molecule has 5 nitrogen and oxygen atoms in total. The van der Waals surface area contributed by atoms with E-state index in [4.69, 9.17) is 33.7 Å². The van der Waals surface area contributed by atoms with Crippen molar-refractivity contribution in [1.29, 1.82) is 0 Å². The smallest absolute Gasteiger partial charge is 0.273 e. The molecule has 3 N–H and O–H groups in total. The van der Waals surface area contributed by atoms with Gasteiger partial charge in [-0.15, -0.1) is 0 Å². The van der Waals surface area contributed by atoms with Crippen LogP contribution < -0.4 is 15.9 Å². The maximum atomic E-state index is 12.1. The lowest BCUT2D eigenvalue weighted by Crippen LogP contribution is -2.18. The molecule has 142 valence electrons. The molecule has 28 heavy (non-hydrogen) atoms. The van der Waals surface area contributed by atoms with Crippen molar-refractivity contribution >= 4 is 41.0 Å². The molecule has 3 aromatic carbocycles. The summed E-state index contributed by atoms with van der Waals surface area (Å²) < 4.78 is 5.77. The molecule has 0 aliphatic carbocycles. The summed E-state index contributed by atoms with van der Waals surface area (Å²) in [6.07, 6.45) is 1.53. The van der Waals surface area contributed by atoms with Crippen molar-refractivity contribution in [2.24, 2.45) is 5.10 Å². The van der Waals surface area contributed by atoms with Crippen LogP contribution in [0.15, 0.2) is 71.8 Å². The van der Waals surface area contributed by atoms with Gasteiger partial charge in [-0.25, -0.2) is 5.43 Å². The number of nitrogens with one attached hydrogen (secondary N) is 1. The minimum atomic E-state index is -0.374. The lowest BCUT2D eigenvalue weighted by atomic mass is 10.2. The van der Waals surface area contributed by atoms with E-state index in [1.165, 1.54) is 6.21 Å². The minimum Gasteiger partial charge on any atom is -0.489 e. The minimum absolute atomic E-state index is 0.349. The fraction of sp³-hybridized carbons (Fsp3) is 0.0476. The summed E-state index contributed by atoms with van der Waals surface area (Å²) in [6, 6.07) is 19.5. The summed E-state index contributed by atoms with van der Waals surface area (Å²) in [5.41, 5.74) is 10.7. The lowest BCUT2D eigenvalue weighted by Gasteiger charge is -2.08. The largest absolute Gasteiger partial charge is 0.489 e. The number of hydrogen-bond acceptors (Lipinski definition) is 4. The zero-order valence-electron chi connectivity index (χ0n) is 14.7. The quantitative estimate of drug-likeness (QED) is 0.342. The first kappa shape index (κ1) is 19.7. The van der Waals surface area contributed by atoms with Crippen molar-refractivity contribution in [3.63, 3.8) is 0 Å². The molecule has 0 saturated carbocycles. The van der Waals surface area contributed by atoms with E-state index >= 15 is 0 Å². The second-order valence-corrected chi connectivity index (χ2v) is 6.71. The third kappa shape index (κ3) is 5.25. The van der Waals surface area contributed by atoms with Gasteiger partial charge in [0.25, 0.3) is 5.91 Å². The van der Waals surface area contributed by atoms with E-state index < -0.39 is 0 Å². The first-order chi connectivity index (χ1) is 13.5. The molecule has 0 aromatic heterocycles. The van der Waals surface area contributed by atoms with E-state index in [9.17, 15) is 4.79 Å². The zero-order valence-corrected chi connectivity index (χ0v) is 16.2. The highest BCUT2D eigenvalue weighted by molar-refractivity contribution is 6.42. The summed E-state index contributed by atoms with van der Waals surface area (Å²) in [5, 5.41) is 4.96. The number of benzene rings is 3. The highest BCUT2D eigenvalue weighted by atomic mass is 35.5. The van der Waals surface area contributed by atoms with Crippen LogP contribution in [0, 0.1) is 0 Å². The Balaban J connectivity index is 1.59. The Morgan fingerprint density at radius 2 is 1.86 bits per heavy atom. The van der Waals surface area contributed by atoms with Crippen LogP contribution in [0.5, 0.6) is 5.75 Å². The Morgan fingerprint density at radius 1 is 1.04 bits per heavy atom. The number of hydrogen-bond donors (Lipinski definition) is 2. The molecule has 0 spiro atoms. The average Bonchev–Trinajstić information content (AvgIpc) is 2.69. The van der Waals surface area contributed by atoms with Gasteiger partial charge < -0.3 is 10.5 Å².